The van der Waals surface area contributed by atoms with Crippen LogP contribution in [0.5, 0.6) is 0 Å². The van der Waals surface area contributed by atoms with E-state index in [0.717, 1.165) is 15.8 Å². The van der Waals surface area contributed by atoms with E-state index in [2.05, 4.69) is 25.6 Å². The Hall–Kier alpha value is -1.16. The van der Waals surface area contributed by atoms with Crippen molar-refractivity contribution in [3.8, 4) is 0 Å². The zero-order chi connectivity index (χ0) is 15.6. The lowest BCUT2D eigenvalue weighted by atomic mass is 10.2. The van der Waals surface area contributed by atoms with Gasteiger partial charge >= 0.3 is 5.97 Å². The molecule has 6 nitrogen and oxygen atoms in total. The Labute approximate surface area is 138 Å². The number of nitrogens with one attached hydrogen (secondary N) is 1. The molecule has 10 heteroatoms. The monoisotopic (exact) mass is 410 g/mol. The van der Waals surface area contributed by atoms with Gasteiger partial charge in [0.15, 0.2) is 5.69 Å². The normalized spacial score (nSPS) is 11.3. The number of anilines is 1. The van der Waals surface area contributed by atoms with Gasteiger partial charge in [0.05, 0.1) is 11.3 Å². The summed E-state index contributed by atoms with van der Waals surface area (Å²) >= 11 is 10.1. The van der Waals surface area contributed by atoms with Crippen LogP contribution in [0.3, 0.4) is 0 Å². The Morgan fingerprint density at radius 1 is 1.48 bits per heavy atom. The molecular formula is C11H8BrClN2O4S2. The molecule has 0 unspecified atom stereocenters. The molecule has 1 aromatic carbocycles. The minimum Gasteiger partial charge on any atom is -0.476 e. The number of nitrogens with zero attached hydrogens (tertiary/aromatic N) is 1. The molecule has 112 valence electrons. The Balaban J connectivity index is 2.23. The van der Waals surface area contributed by atoms with Crippen LogP contribution in [0.25, 0.3) is 0 Å². The quantitative estimate of drug-likeness (QED) is 0.787. The van der Waals surface area contributed by atoms with Gasteiger partial charge in [-0.05, 0) is 17.7 Å². The summed E-state index contributed by atoms with van der Waals surface area (Å²) in [5, 5.41) is 9.17. The van der Waals surface area contributed by atoms with Gasteiger partial charge in [-0.2, -0.15) is 0 Å². The van der Waals surface area contributed by atoms with Gasteiger partial charge in [0.1, 0.15) is 5.00 Å². The molecule has 0 spiro atoms. The van der Waals surface area contributed by atoms with Crippen molar-refractivity contribution in [2.75, 3.05) is 4.72 Å². The van der Waals surface area contributed by atoms with E-state index in [1.54, 1.807) is 18.2 Å². The first-order valence-corrected chi connectivity index (χ1v) is 9.10. The zero-order valence-corrected chi connectivity index (χ0v) is 14.2. The molecule has 2 N–H and O–H groups in total. The van der Waals surface area contributed by atoms with Crippen LogP contribution in [-0.4, -0.2) is 24.5 Å². The predicted molar refractivity (Wildman–Crippen MR) is 84.5 cm³/mol. The van der Waals surface area contributed by atoms with Crippen LogP contribution in [0.1, 0.15) is 16.1 Å². The molecular weight excluding hydrogens is 404 g/mol. The number of thiazole rings is 1. The van der Waals surface area contributed by atoms with Gasteiger partial charge < -0.3 is 5.11 Å². The minimum absolute atomic E-state index is 0.0317. The third-order valence-corrected chi connectivity index (χ3v) is 5.30. The molecule has 21 heavy (non-hydrogen) atoms. The molecule has 0 saturated heterocycles. The second-order valence-electron chi connectivity index (χ2n) is 3.93. The molecule has 1 heterocycles. The second kappa shape index (κ2) is 6.30. The number of carboxylic acid groups (broad SMARTS) is 1. The van der Waals surface area contributed by atoms with E-state index in [9.17, 15) is 13.2 Å². The number of carbonyl (C=O) groups is 1. The van der Waals surface area contributed by atoms with E-state index in [-0.39, 0.29) is 16.4 Å². The summed E-state index contributed by atoms with van der Waals surface area (Å²) < 4.78 is 27.1. The highest BCUT2D eigenvalue weighted by atomic mass is 79.9. The number of aromatic carboxylic acids is 1. The third kappa shape index (κ3) is 4.16. The van der Waals surface area contributed by atoms with Crippen LogP contribution in [0.4, 0.5) is 5.00 Å². The fourth-order valence-electron chi connectivity index (χ4n) is 1.49. The van der Waals surface area contributed by atoms with Crippen molar-refractivity contribution in [3.63, 3.8) is 0 Å². The lowest BCUT2D eigenvalue weighted by Gasteiger charge is -2.08. The molecule has 0 fully saturated rings. The van der Waals surface area contributed by atoms with E-state index in [1.807, 2.05) is 0 Å². The smallest absolute Gasteiger partial charge is 0.357 e. The minimum atomic E-state index is -3.79. The second-order valence-corrected chi connectivity index (χ2v) is 7.83. The first-order valence-electron chi connectivity index (χ1n) is 5.40. The van der Waals surface area contributed by atoms with Crippen LogP contribution in [0, 0.1) is 0 Å². The fourth-order valence-corrected chi connectivity index (χ4v) is 4.51. The molecule has 0 bridgehead atoms. The molecule has 0 aliphatic heterocycles. The van der Waals surface area contributed by atoms with Gasteiger partial charge in [0, 0.05) is 9.50 Å². The first kappa shape index (κ1) is 16.2. The van der Waals surface area contributed by atoms with E-state index in [0.29, 0.717) is 10.6 Å². The van der Waals surface area contributed by atoms with Crippen molar-refractivity contribution in [2.24, 2.45) is 0 Å². The topological polar surface area (TPSA) is 96.4 Å². The summed E-state index contributed by atoms with van der Waals surface area (Å²) in [5.74, 6) is -1.66. The Morgan fingerprint density at radius 3 is 2.81 bits per heavy atom. The highest BCUT2D eigenvalue weighted by Crippen LogP contribution is 2.26. The fraction of sp³-hybridized carbons (Fsp3) is 0.0909. The molecule has 2 aromatic rings. The van der Waals surface area contributed by atoms with E-state index >= 15 is 0 Å². The van der Waals surface area contributed by atoms with Crippen LogP contribution in [0.15, 0.2) is 28.2 Å². The Bertz CT molecular complexity index is 791. The lowest BCUT2D eigenvalue weighted by Crippen LogP contribution is -2.16. The summed E-state index contributed by atoms with van der Waals surface area (Å²) in [7, 11) is -3.79. The number of carboxylic acids is 1. The molecule has 0 atom stereocenters. The van der Waals surface area contributed by atoms with Gasteiger partial charge in [-0.1, -0.05) is 33.6 Å². The van der Waals surface area contributed by atoms with Crippen molar-refractivity contribution < 1.29 is 18.3 Å². The largest absolute Gasteiger partial charge is 0.476 e. The molecule has 0 saturated carbocycles. The zero-order valence-electron chi connectivity index (χ0n) is 10.2. The van der Waals surface area contributed by atoms with Crippen molar-refractivity contribution >= 4 is 59.9 Å². The van der Waals surface area contributed by atoms with Gasteiger partial charge in [-0.3, -0.25) is 4.72 Å². The van der Waals surface area contributed by atoms with Crippen molar-refractivity contribution in [1.82, 2.24) is 4.98 Å². The average Bonchev–Trinajstić information content (AvgIpc) is 2.80. The van der Waals surface area contributed by atoms with E-state index in [1.165, 1.54) is 5.51 Å². The molecule has 0 aliphatic rings. The summed E-state index contributed by atoms with van der Waals surface area (Å²) in [6, 6.07) is 4.84. The highest BCUT2D eigenvalue weighted by molar-refractivity contribution is 9.10. The molecule has 1 aromatic heterocycles. The van der Waals surface area contributed by atoms with Gasteiger partial charge in [-0.15, -0.1) is 11.3 Å². The molecule has 2 rings (SSSR count). The SMILES string of the molecule is O=C(O)c1ncsc1NS(=O)(=O)Cc1ccc(Br)cc1Cl. The number of hydrogen-bond donors (Lipinski definition) is 2. The number of rotatable bonds is 5. The lowest BCUT2D eigenvalue weighted by molar-refractivity contribution is 0.0692. The van der Waals surface area contributed by atoms with Crippen LogP contribution in [-0.2, 0) is 15.8 Å². The molecule has 0 aliphatic carbocycles. The van der Waals surface area contributed by atoms with Crippen molar-refractivity contribution in [3.05, 3.63) is 44.5 Å². The van der Waals surface area contributed by atoms with Crippen molar-refractivity contribution in [2.45, 2.75) is 5.75 Å². The Kier molecular flexibility index (Phi) is 4.87. The molecule has 0 amide bonds. The number of halogens is 2. The number of benzene rings is 1. The predicted octanol–water partition coefficient (Wildman–Crippen LogP) is 3.20. The maximum atomic E-state index is 12.1. The average molecular weight is 412 g/mol. The van der Waals surface area contributed by atoms with Crippen LogP contribution < -0.4 is 4.72 Å². The standard InChI is InChI=1S/C11H8BrClN2O4S2/c12-7-2-1-6(8(13)3-7)4-21(18,19)15-10-9(11(16)17)14-5-20-10/h1-3,5,15H,4H2,(H,16,17). The van der Waals surface area contributed by atoms with Crippen LogP contribution >= 0.6 is 38.9 Å². The first-order chi connectivity index (χ1) is 9.78. The van der Waals surface area contributed by atoms with Crippen molar-refractivity contribution in [1.29, 1.82) is 0 Å². The van der Waals surface area contributed by atoms with Crippen LogP contribution in [0.2, 0.25) is 5.02 Å². The van der Waals surface area contributed by atoms with E-state index in [4.69, 9.17) is 16.7 Å². The molecule has 0 radical (unpaired) electrons. The van der Waals surface area contributed by atoms with Gasteiger partial charge in [0.2, 0.25) is 10.0 Å². The maximum absolute atomic E-state index is 12.1. The van der Waals surface area contributed by atoms with E-state index < -0.39 is 16.0 Å². The highest BCUT2D eigenvalue weighted by Gasteiger charge is 2.20. The summed E-state index contributed by atoms with van der Waals surface area (Å²) in [6.45, 7) is 0. The van der Waals surface area contributed by atoms with Gasteiger partial charge in [0.25, 0.3) is 0 Å². The maximum Gasteiger partial charge on any atom is 0.357 e. The summed E-state index contributed by atoms with van der Waals surface area (Å²) in [6.07, 6.45) is 0. The van der Waals surface area contributed by atoms with Gasteiger partial charge in [-0.25, -0.2) is 18.2 Å². The number of aromatic nitrogens is 1. The summed E-state index contributed by atoms with van der Waals surface area (Å²) in [5.41, 5.74) is 1.34. The summed E-state index contributed by atoms with van der Waals surface area (Å²) in [4.78, 5) is 14.5. The Morgan fingerprint density at radius 2 is 2.19 bits per heavy atom. The third-order valence-electron chi connectivity index (χ3n) is 2.38. The number of hydrogen-bond acceptors (Lipinski definition) is 5. The number of sulfonamides is 1.